The molecule has 0 aliphatic rings. The number of aliphatic hydroxyl groups excluding tert-OH is 2. The maximum absolute atomic E-state index is 9.27. The van der Waals surface area contributed by atoms with Gasteiger partial charge in [0.1, 0.15) is 5.03 Å². The summed E-state index contributed by atoms with van der Waals surface area (Å²) in [7, 11) is 0. The van der Waals surface area contributed by atoms with Crippen molar-refractivity contribution in [3.8, 4) is 0 Å². The van der Waals surface area contributed by atoms with E-state index in [1.807, 2.05) is 6.92 Å². The lowest BCUT2D eigenvalue weighted by Gasteiger charge is -2.10. The summed E-state index contributed by atoms with van der Waals surface area (Å²) in [5, 5.41) is 30.1. The summed E-state index contributed by atoms with van der Waals surface area (Å²) < 4.78 is 0. The quantitative estimate of drug-likeness (QED) is 0.193. The second kappa shape index (κ2) is 6.43. The number of pyridine rings is 1. The Morgan fingerprint density at radius 1 is 1.59 bits per heavy atom. The molecule has 0 saturated carbocycles. The van der Waals surface area contributed by atoms with Crippen LogP contribution < -0.4 is 5.73 Å². The number of aliphatic hydroxyl groups is 2. The molecule has 5 N–H and O–H groups in total. The van der Waals surface area contributed by atoms with Gasteiger partial charge in [0.25, 0.3) is 0 Å². The fourth-order valence-corrected chi connectivity index (χ4v) is 2.11. The lowest BCUT2D eigenvalue weighted by molar-refractivity contribution is 0.113. The van der Waals surface area contributed by atoms with Crippen molar-refractivity contribution in [1.82, 2.24) is 4.98 Å². The van der Waals surface area contributed by atoms with E-state index in [1.165, 1.54) is 11.8 Å². The number of nitrogens with two attached hydrogens (primary N) is 1. The van der Waals surface area contributed by atoms with Gasteiger partial charge in [0.15, 0.2) is 5.84 Å². The molecule has 0 aliphatic carbocycles. The predicted molar refractivity (Wildman–Crippen MR) is 65.3 cm³/mol. The Hall–Kier alpha value is -1.31. The zero-order valence-electron chi connectivity index (χ0n) is 9.37. The van der Waals surface area contributed by atoms with Crippen molar-refractivity contribution in [2.24, 2.45) is 10.9 Å². The van der Waals surface area contributed by atoms with Gasteiger partial charge in [-0.25, -0.2) is 4.98 Å². The molecule has 1 heterocycles. The van der Waals surface area contributed by atoms with Gasteiger partial charge < -0.3 is 21.2 Å². The highest BCUT2D eigenvalue weighted by atomic mass is 32.2. The van der Waals surface area contributed by atoms with E-state index in [0.29, 0.717) is 16.3 Å². The molecule has 94 valence electrons. The fraction of sp³-hybridized carbons (Fsp3) is 0.400. The molecule has 17 heavy (non-hydrogen) atoms. The van der Waals surface area contributed by atoms with Crippen molar-refractivity contribution in [3.63, 3.8) is 0 Å². The van der Waals surface area contributed by atoms with Gasteiger partial charge in [0.2, 0.25) is 0 Å². The monoisotopic (exact) mass is 257 g/mol. The van der Waals surface area contributed by atoms with Gasteiger partial charge in [0.05, 0.1) is 18.3 Å². The summed E-state index contributed by atoms with van der Waals surface area (Å²) in [6, 6.07) is 3.45. The van der Waals surface area contributed by atoms with Gasteiger partial charge in [0, 0.05) is 11.4 Å². The summed E-state index contributed by atoms with van der Waals surface area (Å²) in [6.45, 7) is 1.51. The molecule has 7 heteroatoms. The summed E-state index contributed by atoms with van der Waals surface area (Å²) in [5.41, 5.74) is 6.82. The summed E-state index contributed by atoms with van der Waals surface area (Å²) in [4.78, 5) is 4.25. The molecule has 0 saturated heterocycles. The topological polar surface area (TPSA) is 112 Å². The number of aryl methyl sites for hydroxylation is 1. The number of hydrogen-bond donors (Lipinski definition) is 4. The van der Waals surface area contributed by atoms with Crippen LogP contribution in [0.1, 0.15) is 11.3 Å². The summed E-state index contributed by atoms with van der Waals surface area (Å²) in [5.74, 6) is 0.261. The third kappa shape index (κ3) is 3.88. The molecule has 0 aliphatic heterocycles. The van der Waals surface area contributed by atoms with Crippen molar-refractivity contribution in [1.29, 1.82) is 0 Å². The molecule has 0 spiro atoms. The molecule has 1 aromatic heterocycles. The Balaban J connectivity index is 2.91. The first-order chi connectivity index (χ1) is 8.08. The first kappa shape index (κ1) is 13.8. The van der Waals surface area contributed by atoms with Crippen molar-refractivity contribution < 1.29 is 15.4 Å². The van der Waals surface area contributed by atoms with E-state index in [1.54, 1.807) is 12.1 Å². The lowest BCUT2D eigenvalue weighted by atomic mass is 10.2. The fourth-order valence-electron chi connectivity index (χ4n) is 1.12. The number of hydrogen-bond acceptors (Lipinski definition) is 6. The number of thioether (sulfide) groups is 1. The van der Waals surface area contributed by atoms with E-state index in [0.717, 1.165) is 5.69 Å². The van der Waals surface area contributed by atoms with Crippen LogP contribution in [-0.4, -0.2) is 44.7 Å². The van der Waals surface area contributed by atoms with Crippen molar-refractivity contribution >= 4 is 17.6 Å². The Bertz CT molecular complexity index is 412. The molecular formula is C10H15N3O3S. The molecule has 0 radical (unpaired) electrons. The molecular weight excluding hydrogens is 242 g/mol. The maximum atomic E-state index is 9.27. The van der Waals surface area contributed by atoms with E-state index in [9.17, 15) is 5.11 Å². The van der Waals surface area contributed by atoms with Crippen LogP contribution in [0.5, 0.6) is 0 Å². The average Bonchev–Trinajstić information content (AvgIpc) is 2.35. The molecule has 0 aromatic carbocycles. The first-order valence-corrected chi connectivity index (χ1v) is 5.94. The van der Waals surface area contributed by atoms with Gasteiger partial charge >= 0.3 is 0 Å². The zero-order valence-corrected chi connectivity index (χ0v) is 10.2. The van der Waals surface area contributed by atoms with Crippen molar-refractivity contribution in [3.05, 3.63) is 23.4 Å². The van der Waals surface area contributed by atoms with Crippen LogP contribution in [0.4, 0.5) is 0 Å². The van der Waals surface area contributed by atoms with Crippen LogP contribution in [-0.2, 0) is 0 Å². The number of amidine groups is 1. The SMILES string of the molecule is Cc1ccc(C(N)=NO)c(SCC(O)CO)n1. The van der Waals surface area contributed by atoms with E-state index < -0.39 is 6.10 Å². The Morgan fingerprint density at radius 3 is 2.88 bits per heavy atom. The third-order valence-electron chi connectivity index (χ3n) is 2.01. The lowest BCUT2D eigenvalue weighted by Crippen LogP contribution is -2.18. The molecule has 1 aromatic rings. The van der Waals surface area contributed by atoms with Gasteiger partial charge in [-0.15, -0.1) is 11.8 Å². The van der Waals surface area contributed by atoms with Crippen LogP contribution >= 0.6 is 11.8 Å². The second-order valence-electron chi connectivity index (χ2n) is 3.44. The molecule has 0 bridgehead atoms. The smallest absolute Gasteiger partial charge is 0.172 e. The molecule has 1 atom stereocenters. The van der Waals surface area contributed by atoms with Crippen molar-refractivity contribution in [2.75, 3.05) is 12.4 Å². The standard InChI is InChI=1S/C10H15N3O3S/c1-6-2-3-8(9(11)13-16)10(12-6)17-5-7(15)4-14/h2-3,7,14-16H,4-5H2,1H3,(H2,11,13). The third-order valence-corrected chi connectivity index (χ3v) is 3.14. The number of oxime groups is 1. The minimum atomic E-state index is -0.817. The number of nitrogens with zero attached hydrogens (tertiary/aromatic N) is 2. The average molecular weight is 257 g/mol. The van der Waals surface area contributed by atoms with Gasteiger partial charge in [-0.3, -0.25) is 0 Å². The Morgan fingerprint density at radius 2 is 2.29 bits per heavy atom. The van der Waals surface area contributed by atoms with Gasteiger partial charge in [-0.05, 0) is 19.1 Å². The Labute approximate surface area is 103 Å². The normalized spacial score (nSPS) is 13.7. The van der Waals surface area contributed by atoms with Crippen LogP contribution in [0.2, 0.25) is 0 Å². The molecule has 0 fully saturated rings. The van der Waals surface area contributed by atoms with Crippen LogP contribution in [0.25, 0.3) is 0 Å². The molecule has 0 amide bonds. The minimum absolute atomic E-state index is 0.0292. The van der Waals surface area contributed by atoms with E-state index in [4.69, 9.17) is 16.0 Å². The summed E-state index contributed by atoms with van der Waals surface area (Å²) in [6.07, 6.45) is -0.817. The van der Waals surface area contributed by atoms with E-state index in [2.05, 4.69) is 10.1 Å². The molecule has 6 nitrogen and oxygen atoms in total. The van der Waals surface area contributed by atoms with Crippen LogP contribution in [0.3, 0.4) is 0 Å². The highest BCUT2D eigenvalue weighted by Gasteiger charge is 2.11. The summed E-state index contributed by atoms with van der Waals surface area (Å²) >= 11 is 1.24. The number of rotatable bonds is 5. The molecule has 1 unspecified atom stereocenters. The zero-order chi connectivity index (χ0) is 12.8. The molecule has 1 rings (SSSR count). The first-order valence-electron chi connectivity index (χ1n) is 4.95. The van der Waals surface area contributed by atoms with E-state index >= 15 is 0 Å². The van der Waals surface area contributed by atoms with Crippen LogP contribution in [0.15, 0.2) is 22.3 Å². The van der Waals surface area contributed by atoms with Crippen molar-refractivity contribution in [2.45, 2.75) is 18.1 Å². The van der Waals surface area contributed by atoms with Gasteiger partial charge in [-0.1, -0.05) is 5.16 Å². The highest BCUT2D eigenvalue weighted by molar-refractivity contribution is 7.99. The predicted octanol–water partition coefficient (Wildman–Crippen LogP) is -0.0702. The second-order valence-corrected chi connectivity index (χ2v) is 4.45. The number of aromatic nitrogens is 1. The maximum Gasteiger partial charge on any atom is 0.172 e. The van der Waals surface area contributed by atoms with E-state index in [-0.39, 0.29) is 12.4 Å². The Kier molecular flexibility index (Phi) is 5.20. The minimum Gasteiger partial charge on any atom is -0.409 e. The van der Waals surface area contributed by atoms with Gasteiger partial charge in [-0.2, -0.15) is 0 Å². The largest absolute Gasteiger partial charge is 0.409 e. The highest BCUT2D eigenvalue weighted by Crippen LogP contribution is 2.21. The van der Waals surface area contributed by atoms with Crippen LogP contribution in [0, 0.1) is 6.92 Å².